The van der Waals surface area contributed by atoms with Gasteiger partial charge in [-0.05, 0) is 97.4 Å². The molecule has 0 aromatic heterocycles. The van der Waals surface area contributed by atoms with Crippen molar-refractivity contribution in [2.24, 2.45) is 0 Å². The maximum absolute atomic E-state index is 13.1. The molecule has 10 heteroatoms. The lowest BCUT2D eigenvalue weighted by Gasteiger charge is -2.18. The highest BCUT2D eigenvalue weighted by Gasteiger charge is 2.35. The molecule has 3 aliphatic rings. The van der Waals surface area contributed by atoms with Crippen LogP contribution >= 0.6 is 0 Å². The van der Waals surface area contributed by atoms with Crippen LogP contribution in [0.1, 0.15) is 92.6 Å². The van der Waals surface area contributed by atoms with Gasteiger partial charge in [-0.15, -0.1) is 0 Å². The molecule has 1 aliphatic heterocycles. The first-order chi connectivity index (χ1) is 27.9. The molecule has 0 saturated carbocycles. The summed E-state index contributed by atoms with van der Waals surface area (Å²) in [5.74, 6) is 4.11. The van der Waals surface area contributed by atoms with E-state index in [1.54, 1.807) is 0 Å². The number of benzene rings is 4. The van der Waals surface area contributed by atoms with Crippen molar-refractivity contribution in [2.45, 2.75) is 60.8 Å². The topological polar surface area (TPSA) is 96.0 Å². The number of nitrogens with zero attached hydrogens (tertiary/aromatic N) is 2. The van der Waals surface area contributed by atoms with Crippen molar-refractivity contribution < 1.29 is 38.0 Å². The van der Waals surface area contributed by atoms with Gasteiger partial charge in [0.25, 0.3) is 0 Å². The predicted octanol–water partition coefficient (Wildman–Crippen LogP) is 8.98. The van der Waals surface area contributed by atoms with Gasteiger partial charge in [0.1, 0.15) is 41.1 Å². The van der Waals surface area contributed by atoms with E-state index in [0.29, 0.717) is 84.9 Å². The fourth-order valence-corrected chi connectivity index (χ4v) is 7.88. The Bertz CT molecular complexity index is 2020. The van der Waals surface area contributed by atoms with Crippen LogP contribution in [0, 0.1) is 0 Å². The third-order valence-corrected chi connectivity index (χ3v) is 10.5. The minimum absolute atomic E-state index is 0.00232. The molecule has 0 radical (unpaired) electrons. The van der Waals surface area contributed by atoms with Gasteiger partial charge in [0.2, 0.25) is 0 Å². The van der Waals surface area contributed by atoms with Gasteiger partial charge in [-0.1, -0.05) is 38.1 Å². The number of hydrogen-bond donors (Lipinski definition) is 0. The lowest BCUT2D eigenvalue weighted by Crippen LogP contribution is -2.25. The summed E-state index contributed by atoms with van der Waals surface area (Å²) in [6, 6.07) is 18.7. The number of hydrogen-bond acceptors (Lipinski definition) is 10. The van der Waals surface area contributed by atoms with Crippen molar-refractivity contribution in [3.63, 3.8) is 0 Å². The summed E-state index contributed by atoms with van der Waals surface area (Å²) in [7, 11) is 0. The molecule has 4 aromatic rings. The predicted molar refractivity (Wildman–Crippen MR) is 224 cm³/mol. The zero-order valence-electron chi connectivity index (χ0n) is 34.5. The summed E-state index contributed by atoms with van der Waals surface area (Å²) in [5.41, 5.74) is 5.89. The average Bonchev–Trinajstić information content (AvgIpc) is 3.92. The van der Waals surface area contributed by atoms with Crippen molar-refractivity contribution in [1.29, 1.82) is 0 Å². The van der Waals surface area contributed by atoms with Gasteiger partial charge in [-0.25, -0.2) is 0 Å². The largest absolute Gasteiger partial charge is 0.494 e. The van der Waals surface area contributed by atoms with Crippen LogP contribution in [0.4, 0.5) is 0 Å². The van der Waals surface area contributed by atoms with Crippen LogP contribution in [0.2, 0.25) is 0 Å². The standard InChI is InChI=1S/C24H31NO4.C23H27NO4/c1-5-25(6-2)13-10-14-29-20-12-9-11-18-22(20)23-19(24(18)26)15-17(27-7-3)16-21(23)28-8-4;1-3-26-16-14-18-22(20(15-16)27-4-2)21-17(23(18)25)8-7-9-19(21)28-13-12-24-10-5-6-11-24/h9,11-12,15-16H,5-8,10,13-14H2,1-4H3;7-9,14-15H,3-6,10-13H2,1-2H3. The maximum Gasteiger partial charge on any atom is 0.194 e. The number of carbonyl (C=O) groups is 2. The third-order valence-electron chi connectivity index (χ3n) is 10.5. The van der Waals surface area contributed by atoms with E-state index in [0.717, 1.165) is 79.4 Å². The molecule has 0 atom stereocenters. The minimum atomic E-state index is -0.00824. The molecule has 304 valence electrons. The smallest absolute Gasteiger partial charge is 0.194 e. The summed E-state index contributed by atoms with van der Waals surface area (Å²) in [5, 5.41) is 0. The molecule has 2 aliphatic carbocycles. The number of carbonyl (C=O) groups excluding carboxylic acids is 2. The number of ether oxygens (including phenoxy) is 6. The van der Waals surface area contributed by atoms with Crippen LogP contribution < -0.4 is 28.4 Å². The highest BCUT2D eigenvalue weighted by atomic mass is 16.5. The van der Waals surface area contributed by atoms with Gasteiger partial charge in [0, 0.05) is 69.7 Å². The van der Waals surface area contributed by atoms with Crippen molar-refractivity contribution >= 4 is 11.6 Å². The van der Waals surface area contributed by atoms with E-state index in [-0.39, 0.29) is 11.6 Å². The zero-order valence-corrected chi connectivity index (χ0v) is 34.5. The number of likely N-dealkylation sites (tertiary alicyclic amines) is 1. The van der Waals surface area contributed by atoms with Crippen molar-refractivity contribution in [1.82, 2.24) is 9.80 Å². The second-order valence-electron chi connectivity index (χ2n) is 14.1. The zero-order chi connectivity index (χ0) is 40.3. The lowest BCUT2D eigenvalue weighted by atomic mass is 10.0. The van der Waals surface area contributed by atoms with Crippen molar-refractivity contribution in [3.05, 3.63) is 82.9 Å². The summed E-state index contributed by atoms with van der Waals surface area (Å²) in [6.07, 6.45) is 3.47. The van der Waals surface area contributed by atoms with Gasteiger partial charge in [-0.2, -0.15) is 0 Å². The number of ketones is 2. The van der Waals surface area contributed by atoms with E-state index < -0.39 is 0 Å². The lowest BCUT2D eigenvalue weighted by molar-refractivity contribution is 0.103. The Morgan fingerprint density at radius 1 is 0.526 bits per heavy atom. The van der Waals surface area contributed by atoms with Crippen LogP contribution in [-0.4, -0.2) is 100 Å². The fourth-order valence-electron chi connectivity index (χ4n) is 7.88. The van der Waals surface area contributed by atoms with Crippen molar-refractivity contribution in [2.75, 3.05) is 78.9 Å². The van der Waals surface area contributed by atoms with Crippen LogP contribution in [0.5, 0.6) is 34.5 Å². The number of fused-ring (bicyclic) bond motifs is 6. The molecule has 1 saturated heterocycles. The molecule has 1 fully saturated rings. The Balaban J connectivity index is 0.000000193. The molecule has 0 bridgehead atoms. The maximum atomic E-state index is 13.1. The Hall–Kier alpha value is -5.06. The second kappa shape index (κ2) is 19.9. The quantitative estimate of drug-likeness (QED) is 0.0742. The van der Waals surface area contributed by atoms with E-state index in [4.69, 9.17) is 28.4 Å². The van der Waals surface area contributed by atoms with E-state index in [9.17, 15) is 9.59 Å². The van der Waals surface area contributed by atoms with Crippen LogP contribution in [0.25, 0.3) is 22.3 Å². The van der Waals surface area contributed by atoms with Crippen LogP contribution in [0.3, 0.4) is 0 Å². The Kier molecular flexibility index (Phi) is 14.5. The highest BCUT2D eigenvalue weighted by molar-refractivity contribution is 6.24. The number of rotatable bonds is 19. The van der Waals surface area contributed by atoms with E-state index in [2.05, 4.69) is 23.6 Å². The molecule has 57 heavy (non-hydrogen) atoms. The molecular formula is C47H58N2O8. The van der Waals surface area contributed by atoms with Crippen LogP contribution in [-0.2, 0) is 0 Å². The summed E-state index contributed by atoms with van der Waals surface area (Å²) in [6.45, 7) is 21.7. The van der Waals surface area contributed by atoms with Gasteiger partial charge in [-0.3, -0.25) is 14.5 Å². The first kappa shape index (κ1) is 41.6. The summed E-state index contributed by atoms with van der Waals surface area (Å²) >= 11 is 0. The minimum Gasteiger partial charge on any atom is -0.494 e. The fraction of sp³-hybridized carbons (Fsp3) is 0.447. The Morgan fingerprint density at radius 3 is 1.44 bits per heavy atom. The molecule has 0 spiro atoms. The molecule has 0 unspecified atom stereocenters. The molecule has 1 heterocycles. The van der Waals surface area contributed by atoms with E-state index in [1.807, 2.05) is 88.4 Å². The van der Waals surface area contributed by atoms with Gasteiger partial charge in [0.15, 0.2) is 11.6 Å². The van der Waals surface area contributed by atoms with Crippen molar-refractivity contribution in [3.8, 4) is 56.8 Å². The highest BCUT2D eigenvalue weighted by Crippen LogP contribution is 2.50. The van der Waals surface area contributed by atoms with Gasteiger partial charge in [0.05, 0.1) is 33.0 Å². The molecule has 7 rings (SSSR count). The second-order valence-corrected chi connectivity index (χ2v) is 14.1. The molecule has 10 nitrogen and oxygen atoms in total. The molecular weight excluding hydrogens is 721 g/mol. The summed E-state index contributed by atoms with van der Waals surface area (Å²) in [4.78, 5) is 30.9. The monoisotopic (exact) mass is 778 g/mol. The SMILES string of the molecule is CCOc1cc(OCC)c2c(c1)C(=O)c1cccc(OCCCN(CC)CC)c1-2.CCOc1cc(OCC)c2c(c1)C(=O)c1cccc(OCCN3CCCC3)c1-2. The van der Waals surface area contributed by atoms with Gasteiger partial charge >= 0.3 is 0 Å². The van der Waals surface area contributed by atoms with Gasteiger partial charge < -0.3 is 33.3 Å². The van der Waals surface area contributed by atoms with E-state index in [1.165, 1.54) is 12.8 Å². The normalized spacial score (nSPS) is 13.7. The first-order valence-corrected chi connectivity index (χ1v) is 20.8. The third kappa shape index (κ3) is 9.24. The summed E-state index contributed by atoms with van der Waals surface area (Å²) < 4.78 is 35.4. The molecule has 0 amide bonds. The van der Waals surface area contributed by atoms with Crippen LogP contribution in [0.15, 0.2) is 60.7 Å². The Morgan fingerprint density at radius 2 is 0.982 bits per heavy atom. The van der Waals surface area contributed by atoms with E-state index >= 15 is 0 Å². The molecule has 4 aromatic carbocycles. The Labute approximate surface area is 338 Å². The molecule has 0 N–H and O–H groups in total. The average molecular weight is 779 g/mol. The first-order valence-electron chi connectivity index (χ1n) is 20.8.